The Balaban J connectivity index is 2.01. The molecule has 0 radical (unpaired) electrons. The van der Waals surface area contributed by atoms with Gasteiger partial charge in [-0.1, -0.05) is 12.8 Å². The number of aliphatic carboxylic acids is 1. The van der Waals surface area contributed by atoms with Crippen molar-refractivity contribution in [3.05, 3.63) is 0 Å². The van der Waals surface area contributed by atoms with Crippen LogP contribution in [0.3, 0.4) is 0 Å². The zero-order chi connectivity index (χ0) is 15.7. The number of ether oxygens (including phenoxy) is 1. The van der Waals surface area contributed by atoms with E-state index in [2.05, 4.69) is 10.2 Å². The number of amides is 1. The number of nitrogens with zero attached hydrogens (tertiary/aromatic N) is 1. The van der Waals surface area contributed by atoms with E-state index >= 15 is 0 Å². The second-order valence-corrected chi connectivity index (χ2v) is 7.17. The van der Waals surface area contributed by atoms with Crippen LogP contribution in [-0.4, -0.2) is 52.3 Å². The Morgan fingerprint density at radius 3 is 2.43 bits per heavy atom. The van der Waals surface area contributed by atoms with Crippen molar-refractivity contribution in [1.82, 2.24) is 10.2 Å². The van der Waals surface area contributed by atoms with Crippen molar-refractivity contribution in [2.75, 3.05) is 13.1 Å². The number of rotatable bonds is 3. The minimum absolute atomic E-state index is 0.367. The quantitative estimate of drug-likeness (QED) is 0.833. The van der Waals surface area contributed by atoms with Crippen molar-refractivity contribution in [1.29, 1.82) is 0 Å². The number of hydrogen-bond donors (Lipinski definition) is 2. The molecule has 0 spiro atoms. The van der Waals surface area contributed by atoms with Crippen molar-refractivity contribution < 1.29 is 19.4 Å². The number of hydrogen-bond acceptors (Lipinski definition) is 4. The topological polar surface area (TPSA) is 78.9 Å². The number of alkyl carbamates (subject to hydrolysis) is 1. The molecule has 6 nitrogen and oxygen atoms in total. The van der Waals surface area contributed by atoms with Crippen molar-refractivity contribution in [3.63, 3.8) is 0 Å². The smallest absolute Gasteiger partial charge is 0.408 e. The maximum atomic E-state index is 11.9. The molecule has 0 aromatic heterocycles. The third-order valence-corrected chi connectivity index (χ3v) is 4.29. The summed E-state index contributed by atoms with van der Waals surface area (Å²) in [5.41, 5.74) is -1.85. The first-order valence-electron chi connectivity index (χ1n) is 7.70. The summed E-state index contributed by atoms with van der Waals surface area (Å²) in [6.45, 7) is 6.37. The lowest BCUT2D eigenvalue weighted by atomic mass is 9.99. The Morgan fingerprint density at radius 2 is 1.90 bits per heavy atom. The predicted molar refractivity (Wildman–Crippen MR) is 78.2 cm³/mol. The molecular formula is C15H26N2O4. The summed E-state index contributed by atoms with van der Waals surface area (Å²) in [4.78, 5) is 25.8. The van der Waals surface area contributed by atoms with E-state index in [1.807, 2.05) is 0 Å². The van der Waals surface area contributed by atoms with Crippen LogP contribution in [0.5, 0.6) is 0 Å². The highest BCUT2D eigenvalue weighted by atomic mass is 16.6. The Morgan fingerprint density at radius 1 is 1.29 bits per heavy atom. The van der Waals surface area contributed by atoms with Crippen LogP contribution in [0.1, 0.15) is 52.9 Å². The van der Waals surface area contributed by atoms with Crippen LogP contribution in [0, 0.1) is 0 Å². The first-order chi connectivity index (χ1) is 9.72. The van der Waals surface area contributed by atoms with E-state index in [1.165, 1.54) is 12.8 Å². The van der Waals surface area contributed by atoms with Crippen molar-refractivity contribution >= 4 is 12.1 Å². The van der Waals surface area contributed by atoms with Gasteiger partial charge >= 0.3 is 12.1 Å². The van der Waals surface area contributed by atoms with E-state index in [9.17, 15) is 14.7 Å². The zero-order valence-corrected chi connectivity index (χ0v) is 13.1. The molecule has 2 N–H and O–H groups in total. The molecule has 1 atom stereocenters. The molecule has 1 unspecified atom stereocenters. The van der Waals surface area contributed by atoms with Crippen LogP contribution in [-0.2, 0) is 9.53 Å². The molecule has 0 aromatic carbocycles. The van der Waals surface area contributed by atoms with Gasteiger partial charge in [-0.3, -0.25) is 4.90 Å². The Labute approximate surface area is 125 Å². The number of carbonyl (C=O) groups excluding carboxylic acids is 1. The van der Waals surface area contributed by atoms with Gasteiger partial charge in [0.2, 0.25) is 0 Å². The fraction of sp³-hybridized carbons (Fsp3) is 0.867. The van der Waals surface area contributed by atoms with E-state index in [1.54, 1.807) is 20.8 Å². The number of nitrogens with one attached hydrogen (secondary N) is 1. The van der Waals surface area contributed by atoms with Gasteiger partial charge in [-0.15, -0.1) is 0 Å². The lowest BCUT2D eigenvalue weighted by Gasteiger charge is -2.30. The van der Waals surface area contributed by atoms with Gasteiger partial charge in [0.05, 0.1) is 0 Å². The monoisotopic (exact) mass is 298 g/mol. The van der Waals surface area contributed by atoms with Crippen molar-refractivity contribution in [2.45, 2.75) is 70.1 Å². The van der Waals surface area contributed by atoms with Crippen LogP contribution < -0.4 is 5.32 Å². The molecule has 0 bridgehead atoms. The van der Waals surface area contributed by atoms with E-state index in [4.69, 9.17) is 4.74 Å². The SMILES string of the molecule is CC(C)(C)OC(=O)NC1(C(=O)O)CCN(C2CCCC2)C1. The second kappa shape index (κ2) is 5.83. The normalized spacial score (nSPS) is 27.8. The molecule has 1 saturated carbocycles. The highest BCUT2D eigenvalue weighted by Gasteiger charge is 2.48. The summed E-state index contributed by atoms with van der Waals surface area (Å²) in [6.07, 6.45) is 4.45. The van der Waals surface area contributed by atoms with Gasteiger partial charge in [0.1, 0.15) is 5.60 Å². The summed E-state index contributed by atoms with van der Waals surface area (Å²) in [7, 11) is 0. The Kier molecular flexibility index (Phi) is 4.46. The number of carboxylic acids is 1. The lowest BCUT2D eigenvalue weighted by molar-refractivity contribution is -0.144. The number of carboxylic acid groups (broad SMARTS) is 1. The summed E-state index contributed by atoms with van der Waals surface area (Å²) < 4.78 is 5.20. The van der Waals surface area contributed by atoms with Gasteiger partial charge in [-0.2, -0.15) is 0 Å². The summed E-state index contributed by atoms with van der Waals surface area (Å²) in [5.74, 6) is -0.978. The molecular weight excluding hydrogens is 272 g/mol. The molecule has 1 heterocycles. The average Bonchev–Trinajstić information content (AvgIpc) is 2.94. The largest absolute Gasteiger partial charge is 0.479 e. The Bertz CT molecular complexity index is 412. The summed E-state index contributed by atoms with van der Waals surface area (Å²) in [5, 5.41) is 12.2. The van der Waals surface area contributed by atoms with Crippen LogP contribution in [0.4, 0.5) is 4.79 Å². The van der Waals surface area contributed by atoms with Gasteiger partial charge in [-0.25, -0.2) is 9.59 Å². The molecule has 2 aliphatic rings. The van der Waals surface area contributed by atoms with E-state index < -0.39 is 23.2 Å². The predicted octanol–water partition coefficient (Wildman–Crippen LogP) is 1.98. The maximum Gasteiger partial charge on any atom is 0.408 e. The van der Waals surface area contributed by atoms with Crippen LogP contribution in [0.2, 0.25) is 0 Å². The van der Waals surface area contributed by atoms with E-state index in [-0.39, 0.29) is 0 Å². The third kappa shape index (κ3) is 3.87. The summed E-state index contributed by atoms with van der Waals surface area (Å²) >= 11 is 0. The first kappa shape index (κ1) is 16.1. The standard InChI is InChI=1S/C15H26N2O4/c1-14(2,3)21-13(20)16-15(12(18)19)8-9-17(10-15)11-6-4-5-7-11/h11H,4-10H2,1-3H3,(H,16,20)(H,18,19). The fourth-order valence-corrected chi connectivity index (χ4v) is 3.25. The zero-order valence-electron chi connectivity index (χ0n) is 13.1. The first-order valence-corrected chi connectivity index (χ1v) is 7.70. The molecule has 6 heteroatoms. The summed E-state index contributed by atoms with van der Waals surface area (Å²) in [6, 6.07) is 0.465. The van der Waals surface area contributed by atoms with Gasteiger partial charge < -0.3 is 15.2 Å². The molecule has 0 aromatic rings. The van der Waals surface area contributed by atoms with Gasteiger partial charge in [-0.05, 0) is 40.0 Å². The fourth-order valence-electron chi connectivity index (χ4n) is 3.25. The third-order valence-electron chi connectivity index (χ3n) is 4.29. The highest BCUT2D eigenvalue weighted by Crippen LogP contribution is 2.31. The Hall–Kier alpha value is -1.30. The van der Waals surface area contributed by atoms with E-state index in [0.29, 0.717) is 25.6 Å². The van der Waals surface area contributed by atoms with Crippen LogP contribution in [0.25, 0.3) is 0 Å². The highest BCUT2D eigenvalue weighted by molar-refractivity contribution is 5.85. The second-order valence-electron chi connectivity index (χ2n) is 7.17. The van der Waals surface area contributed by atoms with Gasteiger partial charge in [0.25, 0.3) is 0 Å². The molecule has 1 aliphatic carbocycles. The van der Waals surface area contributed by atoms with Crippen molar-refractivity contribution in [3.8, 4) is 0 Å². The molecule has 21 heavy (non-hydrogen) atoms. The molecule has 2 rings (SSSR count). The number of likely N-dealkylation sites (tertiary alicyclic amines) is 1. The minimum Gasteiger partial charge on any atom is -0.479 e. The molecule has 1 amide bonds. The molecule has 1 aliphatic heterocycles. The molecule has 1 saturated heterocycles. The van der Waals surface area contributed by atoms with Gasteiger partial charge in [0.15, 0.2) is 5.54 Å². The number of carbonyl (C=O) groups is 2. The molecule has 2 fully saturated rings. The lowest BCUT2D eigenvalue weighted by Crippen LogP contribution is -2.57. The van der Waals surface area contributed by atoms with Crippen LogP contribution >= 0.6 is 0 Å². The average molecular weight is 298 g/mol. The van der Waals surface area contributed by atoms with Crippen LogP contribution in [0.15, 0.2) is 0 Å². The van der Waals surface area contributed by atoms with Crippen molar-refractivity contribution in [2.24, 2.45) is 0 Å². The van der Waals surface area contributed by atoms with Gasteiger partial charge in [0, 0.05) is 19.1 Å². The van der Waals surface area contributed by atoms with E-state index in [0.717, 1.165) is 12.8 Å². The maximum absolute atomic E-state index is 11.9. The molecule has 120 valence electrons. The minimum atomic E-state index is -1.22.